The second kappa shape index (κ2) is 8.75. The number of hydrogen-bond donors (Lipinski definition) is 4. The van der Waals surface area contributed by atoms with Gasteiger partial charge in [0.1, 0.15) is 11.4 Å². The maximum atomic E-state index is 12.8. The average molecular weight is 461 g/mol. The van der Waals surface area contributed by atoms with Crippen LogP contribution in [0.1, 0.15) is 44.1 Å². The Morgan fingerprint density at radius 2 is 2.15 bits per heavy atom. The summed E-state index contributed by atoms with van der Waals surface area (Å²) in [7, 11) is 0. The first-order valence-corrected chi connectivity index (χ1v) is 11.1. The molecule has 2 heterocycles. The van der Waals surface area contributed by atoms with Crippen molar-refractivity contribution < 1.29 is 14.0 Å². The summed E-state index contributed by atoms with van der Waals surface area (Å²) in [5.74, 6) is -0.532. The number of carbonyl (C=O) groups is 1. The van der Waals surface area contributed by atoms with E-state index in [1.165, 1.54) is 6.20 Å². The van der Waals surface area contributed by atoms with Gasteiger partial charge in [-0.2, -0.15) is 10.1 Å². The first kappa shape index (κ1) is 18.4. The molecular weight excluding hydrogens is 430 g/mol. The normalized spacial score (nSPS) is 18.6. The number of amides is 1. The van der Waals surface area contributed by atoms with Gasteiger partial charge in [-0.05, 0) is 42.7 Å². The number of nitrogens with one attached hydrogen (secondary N) is 3. The van der Waals surface area contributed by atoms with E-state index in [-0.39, 0.29) is 17.3 Å². The van der Waals surface area contributed by atoms with Crippen LogP contribution in [0, 0.1) is 6.92 Å². The Morgan fingerprint density at radius 3 is 2.97 bits per heavy atom. The Morgan fingerprint density at radius 1 is 1.29 bits per heavy atom. The highest BCUT2D eigenvalue weighted by Crippen LogP contribution is 2.35. The maximum Gasteiger partial charge on any atom is 0.256 e. The van der Waals surface area contributed by atoms with E-state index >= 15 is 0 Å². The van der Waals surface area contributed by atoms with Crippen molar-refractivity contribution in [2.24, 2.45) is 0 Å². The summed E-state index contributed by atoms with van der Waals surface area (Å²) in [6.07, 6.45) is 2.79. The zero-order chi connectivity index (χ0) is 26.3. The number of aromatic nitrogens is 4. The predicted octanol–water partition coefficient (Wildman–Crippen LogP) is 3.33. The zero-order valence-electron chi connectivity index (χ0n) is 21.8. The van der Waals surface area contributed by atoms with Crippen molar-refractivity contribution in [3.8, 4) is 0 Å². The van der Waals surface area contributed by atoms with Gasteiger partial charge in [-0.15, -0.1) is 0 Å². The van der Waals surface area contributed by atoms with Gasteiger partial charge in [-0.3, -0.25) is 9.48 Å². The number of nitrogens with zero attached hydrogens (tertiary/aromatic N) is 4. The molecule has 9 nitrogen and oxygen atoms in total. The molecule has 1 aliphatic rings. The van der Waals surface area contributed by atoms with Gasteiger partial charge in [0.15, 0.2) is 0 Å². The topological polar surface area (TPSA) is 117 Å². The Balaban J connectivity index is 1.52. The Labute approximate surface area is 201 Å². The van der Waals surface area contributed by atoms with Crippen LogP contribution >= 0.6 is 0 Å². The minimum absolute atomic E-state index is 0.0468. The van der Waals surface area contributed by atoms with E-state index in [2.05, 4.69) is 25.7 Å². The lowest BCUT2D eigenvalue weighted by Gasteiger charge is -2.21. The van der Waals surface area contributed by atoms with Gasteiger partial charge in [0.25, 0.3) is 5.91 Å². The summed E-state index contributed by atoms with van der Waals surface area (Å²) < 4.78 is 24.1. The molecule has 1 aliphatic carbocycles. The third-order valence-electron chi connectivity index (χ3n) is 6.18. The van der Waals surface area contributed by atoms with E-state index in [9.17, 15) is 9.90 Å². The van der Waals surface area contributed by atoms with Crippen LogP contribution in [0.2, 0.25) is 0 Å². The molecule has 2 atom stereocenters. The fourth-order valence-electron chi connectivity index (χ4n) is 4.43. The SMILES string of the molecule is [2H]C([2H])([2H])NC(=O)c1cnc(Nc2cc3c(cnn3CC)cc2C)nc1N[C@H]1c2ccccc2C[C@H]1O. The Hall–Kier alpha value is -3.98. The number of hydrogen-bond acceptors (Lipinski definition) is 7. The molecule has 34 heavy (non-hydrogen) atoms. The molecule has 5 rings (SSSR count). The second-order valence-corrected chi connectivity index (χ2v) is 8.31. The molecule has 0 bridgehead atoms. The van der Waals surface area contributed by atoms with Crippen molar-refractivity contribution in [2.75, 3.05) is 17.6 Å². The van der Waals surface area contributed by atoms with E-state index in [0.717, 1.165) is 39.8 Å². The standard InChI is InChI=1S/C25H27N7O2/c1-4-32-20-11-19(14(2)9-16(20)12-28-32)29-25-27-13-18(24(34)26-3)23(31-25)30-22-17-8-6-5-7-15(17)10-21(22)33/h5-9,11-13,21-22,33H,4,10H2,1-3H3,(H,26,34)(H2,27,29,30,31)/t21-,22+/m1/s1/i3D3. The van der Waals surface area contributed by atoms with Crippen molar-refractivity contribution in [1.29, 1.82) is 0 Å². The number of aliphatic hydroxyl groups excluding tert-OH is 1. The van der Waals surface area contributed by atoms with E-state index < -0.39 is 25.0 Å². The summed E-state index contributed by atoms with van der Waals surface area (Å²) in [6, 6.07) is 11.1. The lowest BCUT2D eigenvalue weighted by atomic mass is 10.1. The number of aryl methyl sites for hydroxylation is 2. The van der Waals surface area contributed by atoms with Gasteiger partial charge in [0.2, 0.25) is 5.95 Å². The molecule has 174 valence electrons. The Bertz CT molecular complexity index is 1490. The summed E-state index contributed by atoms with van der Waals surface area (Å²) >= 11 is 0. The molecule has 0 saturated carbocycles. The van der Waals surface area contributed by atoms with Crippen LogP contribution in [0.5, 0.6) is 0 Å². The van der Waals surface area contributed by atoms with Crippen LogP contribution in [0.4, 0.5) is 17.5 Å². The molecule has 2 aromatic heterocycles. The van der Waals surface area contributed by atoms with Gasteiger partial charge >= 0.3 is 0 Å². The van der Waals surface area contributed by atoms with Crippen LogP contribution in [0.3, 0.4) is 0 Å². The molecule has 0 aliphatic heterocycles. The number of rotatable bonds is 6. The van der Waals surface area contributed by atoms with Crippen LogP contribution in [-0.4, -0.2) is 43.8 Å². The van der Waals surface area contributed by atoms with Crippen LogP contribution < -0.4 is 16.0 Å². The van der Waals surface area contributed by atoms with Crippen LogP contribution in [-0.2, 0) is 13.0 Å². The number of carbonyl (C=O) groups excluding carboxylic acids is 1. The molecular formula is C25H27N7O2. The predicted molar refractivity (Wildman–Crippen MR) is 131 cm³/mol. The molecule has 0 saturated heterocycles. The monoisotopic (exact) mass is 460 g/mol. The Kier molecular flexibility index (Phi) is 4.75. The van der Waals surface area contributed by atoms with E-state index in [1.807, 2.05) is 66.4 Å². The largest absolute Gasteiger partial charge is 0.390 e. The summed E-state index contributed by atoms with van der Waals surface area (Å²) in [5, 5.41) is 24.5. The molecule has 0 unspecified atom stereocenters. The smallest absolute Gasteiger partial charge is 0.256 e. The number of anilines is 3. The summed E-state index contributed by atoms with van der Waals surface area (Å²) in [6.45, 7) is 2.00. The zero-order valence-corrected chi connectivity index (χ0v) is 18.8. The van der Waals surface area contributed by atoms with Crippen molar-refractivity contribution >= 4 is 34.3 Å². The number of aliphatic hydroxyl groups is 1. The molecule has 0 spiro atoms. The third kappa shape index (κ3) is 3.84. The minimum atomic E-state index is -2.68. The molecule has 1 amide bonds. The summed E-state index contributed by atoms with van der Waals surface area (Å²) in [5.41, 5.74) is 4.50. The van der Waals surface area contributed by atoms with Gasteiger partial charge in [0.05, 0.1) is 23.9 Å². The highest BCUT2D eigenvalue weighted by atomic mass is 16.3. The highest BCUT2D eigenvalue weighted by molar-refractivity contribution is 5.98. The van der Waals surface area contributed by atoms with Crippen LogP contribution in [0.25, 0.3) is 10.9 Å². The molecule has 0 radical (unpaired) electrons. The fraction of sp³-hybridized carbons (Fsp3) is 0.280. The van der Waals surface area contributed by atoms with Gasteiger partial charge in [-0.25, -0.2) is 4.98 Å². The van der Waals surface area contributed by atoms with Crippen molar-refractivity contribution in [1.82, 2.24) is 25.1 Å². The van der Waals surface area contributed by atoms with Crippen molar-refractivity contribution in [3.05, 3.63) is 71.0 Å². The molecule has 9 heteroatoms. The lowest BCUT2D eigenvalue weighted by Crippen LogP contribution is -2.26. The minimum Gasteiger partial charge on any atom is -0.390 e. The molecule has 4 aromatic rings. The summed E-state index contributed by atoms with van der Waals surface area (Å²) in [4.78, 5) is 21.6. The van der Waals surface area contributed by atoms with Crippen molar-refractivity contribution in [2.45, 2.75) is 39.0 Å². The lowest BCUT2D eigenvalue weighted by molar-refractivity contribution is 0.0962. The van der Waals surface area contributed by atoms with Gasteiger partial charge in [0, 0.05) is 41.3 Å². The van der Waals surface area contributed by atoms with E-state index in [4.69, 9.17) is 4.11 Å². The molecule has 4 N–H and O–H groups in total. The first-order chi connectivity index (χ1) is 17.6. The van der Waals surface area contributed by atoms with Gasteiger partial charge < -0.3 is 21.1 Å². The maximum absolute atomic E-state index is 12.8. The van der Waals surface area contributed by atoms with E-state index in [1.54, 1.807) is 0 Å². The third-order valence-corrected chi connectivity index (χ3v) is 6.18. The van der Waals surface area contributed by atoms with Gasteiger partial charge in [-0.1, -0.05) is 24.3 Å². The second-order valence-electron chi connectivity index (χ2n) is 8.31. The highest BCUT2D eigenvalue weighted by Gasteiger charge is 2.32. The first-order valence-electron chi connectivity index (χ1n) is 12.6. The van der Waals surface area contributed by atoms with E-state index in [0.29, 0.717) is 6.42 Å². The molecule has 0 fully saturated rings. The number of benzene rings is 2. The van der Waals surface area contributed by atoms with Crippen LogP contribution in [0.15, 0.2) is 48.8 Å². The number of fused-ring (bicyclic) bond motifs is 2. The molecule has 2 aromatic carbocycles. The van der Waals surface area contributed by atoms with Crippen molar-refractivity contribution in [3.63, 3.8) is 0 Å². The average Bonchev–Trinajstić information content (AvgIpc) is 3.38. The quantitative estimate of drug-likeness (QED) is 0.349. The fourth-order valence-corrected chi connectivity index (χ4v) is 4.43.